The number of aliphatic hydroxyl groups is 2. The van der Waals surface area contributed by atoms with Crippen molar-refractivity contribution < 1.29 is 24.5 Å². The van der Waals surface area contributed by atoms with E-state index in [9.17, 15) is 19.8 Å². The molecule has 1 heterocycles. The number of carbonyl (C=O) groups excluding carboxylic acids is 2. The predicted molar refractivity (Wildman–Crippen MR) is 97.7 cm³/mol. The number of allylic oxidation sites excluding steroid dienone is 2. The van der Waals surface area contributed by atoms with E-state index in [0.717, 1.165) is 24.8 Å². The van der Waals surface area contributed by atoms with E-state index in [0.29, 0.717) is 6.42 Å². The van der Waals surface area contributed by atoms with Crippen LogP contribution in [0.5, 0.6) is 0 Å². The third-order valence-corrected chi connectivity index (χ3v) is 9.08. The van der Waals surface area contributed by atoms with Gasteiger partial charge < -0.3 is 14.9 Å². The Morgan fingerprint density at radius 2 is 2.07 bits per heavy atom. The van der Waals surface area contributed by atoms with E-state index in [1.165, 1.54) is 0 Å². The van der Waals surface area contributed by atoms with Gasteiger partial charge in [-0.25, -0.2) is 0 Å². The highest BCUT2D eigenvalue weighted by atomic mass is 16.6. The van der Waals surface area contributed by atoms with Crippen LogP contribution in [0.2, 0.25) is 0 Å². The van der Waals surface area contributed by atoms with Crippen molar-refractivity contribution in [2.45, 2.75) is 63.8 Å². The van der Waals surface area contributed by atoms with Crippen LogP contribution in [0.25, 0.3) is 0 Å². The zero-order valence-corrected chi connectivity index (χ0v) is 16.2. The number of hydrogen-bond donors (Lipinski definition) is 2. The number of rotatable bonds is 2. The molecule has 0 amide bonds. The first-order valence-electron chi connectivity index (χ1n) is 10.1. The van der Waals surface area contributed by atoms with Crippen molar-refractivity contribution in [3.63, 3.8) is 0 Å². The molecular weight excluding hydrogens is 344 g/mol. The van der Waals surface area contributed by atoms with E-state index < -0.39 is 23.4 Å². The van der Waals surface area contributed by atoms with Crippen LogP contribution >= 0.6 is 0 Å². The van der Waals surface area contributed by atoms with E-state index in [-0.39, 0.29) is 40.7 Å². The summed E-state index contributed by atoms with van der Waals surface area (Å²) in [5, 5.41) is 21.0. The van der Waals surface area contributed by atoms with Gasteiger partial charge in [0.15, 0.2) is 11.6 Å². The Morgan fingerprint density at radius 3 is 2.78 bits per heavy atom. The molecule has 8 atom stereocenters. The summed E-state index contributed by atoms with van der Waals surface area (Å²) in [5.74, 6) is -0.193. The fraction of sp³-hybridized carbons (Fsp3) is 0.727. The lowest BCUT2D eigenvalue weighted by atomic mass is 9.46. The molecular formula is C22H28O5. The van der Waals surface area contributed by atoms with E-state index in [1.54, 1.807) is 12.2 Å². The van der Waals surface area contributed by atoms with E-state index in [2.05, 4.69) is 6.92 Å². The average molecular weight is 372 g/mol. The number of ketones is 2. The minimum absolute atomic E-state index is 0.0291. The second-order valence-corrected chi connectivity index (χ2v) is 9.86. The summed E-state index contributed by atoms with van der Waals surface area (Å²) < 4.78 is 6.43. The van der Waals surface area contributed by atoms with E-state index in [1.807, 2.05) is 19.9 Å². The third-order valence-electron chi connectivity index (χ3n) is 9.08. The first kappa shape index (κ1) is 17.8. The fourth-order valence-electron chi connectivity index (χ4n) is 7.70. The molecule has 27 heavy (non-hydrogen) atoms. The van der Waals surface area contributed by atoms with Crippen molar-refractivity contribution in [3.05, 3.63) is 23.8 Å². The van der Waals surface area contributed by atoms with Gasteiger partial charge in [0, 0.05) is 10.8 Å². The zero-order chi connectivity index (χ0) is 19.4. The minimum Gasteiger partial charge on any atom is -0.388 e. The molecule has 5 rings (SSSR count). The van der Waals surface area contributed by atoms with Crippen molar-refractivity contribution in [3.8, 4) is 0 Å². The molecule has 0 radical (unpaired) electrons. The molecule has 0 aromatic rings. The van der Waals surface area contributed by atoms with Gasteiger partial charge in [0.25, 0.3) is 0 Å². The van der Waals surface area contributed by atoms with Gasteiger partial charge in [-0.15, -0.1) is 0 Å². The normalized spacial score (nSPS) is 55.1. The molecule has 0 bridgehead atoms. The van der Waals surface area contributed by atoms with Crippen molar-refractivity contribution in [2.24, 2.45) is 28.6 Å². The van der Waals surface area contributed by atoms with Crippen LogP contribution in [0.4, 0.5) is 0 Å². The molecule has 4 fully saturated rings. The van der Waals surface area contributed by atoms with Crippen LogP contribution in [0.1, 0.15) is 46.5 Å². The lowest BCUT2D eigenvalue weighted by Gasteiger charge is -2.55. The molecule has 3 saturated carbocycles. The van der Waals surface area contributed by atoms with Gasteiger partial charge in [0.05, 0.1) is 6.10 Å². The summed E-state index contributed by atoms with van der Waals surface area (Å²) in [5.41, 5.74) is -1.55. The molecule has 0 aromatic carbocycles. The second-order valence-electron chi connectivity index (χ2n) is 9.86. The molecule has 1 unspecified atom stereocenters. The Balaban J connectivity index is 1.60. The molecule has 1 saturated heterocycles. The van der Waals surface area contributed by atoms with Crippen LogP contribution in [0.15, 0.2) is 23.8 Å². The molecule has 2 N–H and O–H groups in total. The lowest BCUT2D eigenvalue weighted by Crippen LogP contribution is -2.62. The Morgan fingerprint density at radius 1 is 1.33 bits per heavy atom. The van der Waals surface area contributed by atoms with Crippen molar-refractivity contribution in [1.29, 1.82) is 0 Å². The Bertz CT molecular complexity index is 814. The quantitative estimate of drug-likeness (QED) is 0.724. The maximum atomic E-state index is 12.6. The monoisotopic (exact) mass is 372 g/mol. The Labute approximate surface area is 159 Å². The second kappa shape index (κ2) is 5.00. The van der Waals surface area contributed by atoms with Gasteiger partial charge in [-0.1, -0.05) is 25.5 Å². The summed E-state index contributed by atoms with van der Waals surface area (Å²) in [6.07, 6.45) is 8.58. The molecule has 5 aliphatic rings. The van der Waals surface area contributed by atoms with Crippen molar-refractivity contribution in [2.75, 3.05) is 6.61 Å². The SMILES string of the molecule is C[C@@H]1C[C@H]2[C@@H]3CCC4=CC(=O)C=CC4(C)[C@]34O[C@@H]4C[C@]2(C)[C@]1(O)C(=O)CO. The van der Waals surface area contributed by atoms with Crippen molar-refractivity contribution >= 4 is 11.6 Å². The van der Waals surface area contributed by atoms with Gasteiger partial charge in [0.1, 0.15) is 17.8 Å². The zero-order valence-electron chi connectivity index (χ0n) is 16.2. The number of hydrogen-bond acceptors (Lipinski definition) is 5. The minimum atomic E-state index is -1.50. The molecule has 5 nitrogen and oxygen atoms in total. The average Bonchev–Trinajstić information content (AvgIpc) is 3.31. The number of carbonyl (C=O) groups is 2. The number of aliphatic hydroxyl groups excluding tert-OH is 1. The highest BCUT2D eigenvalue weighted by Crippen LogP contribution is 2.76. The van der Waals surface area contributed by atoms with Crippen LogP contribution in [0, 0.1) is 28.6 Å². The Kier molecular flexibility index (Phi) is 3.29. The number of epoxide rings is 1. The van der Waals surface area contributed by atoms with Gasteiger partial charge >= 0.3 is 0 Å². The van der Waals surface area contributed by atoms with Gasteiger partial charge in [-0.05, 0) is 62.5 Å². The van der Waals surface area contributed by atoms with Gasteiger partial charge in [-0.3, -0.25) is 9.59 Å². The van der Waals surface area contributed by atoms with Crippen LogP contribution in [-0.2, 0) is 14.3 Å². The predicted octanol–water partition coefficient (Wildman–Crippen LogP) is 1.96. The first-order valence-corrected chi connectivity index (χ1v) is 10.1. The molecule has 1 aliphatic heterocycles. The summed E-state index contributed by atoms with van der Waals surface area (Å²) in [6, 6.07) is 0. The molecule has 4 aliphatic carbocycles. The molecule has 1 spiro atoms. The highest BCUT2D eigenvalue weighted by Gasteiger charge is 2.81. The van der Waals surface area contributed by atoms with Crippen molar-refractivity contribution in [1.82, 2.24) is 0 Å². The maximum Gasteiger partial charge on any atom is 0.190 e. The topological polar surface area (TPSA) is 87.1 Å². The number of ether oxygens (including phenoxy) is 1. The fourth-order valence-corrected chi connectivity index (χ4v) is 7.70. The van der Waals surface area contributed by atoms with E-state index >= 15 is 0 Å². The summed E-state index contributed by atoms with van der Waals surface area (Å²) in [6.45, 7) is 5.51. The summed E-state index contributed by atoms with van der Waals surface area (Å²) in [7, 11) is 0. The summed E-state index contributed by atoms with van der Waals surface area (Å²) in [4.78, 5) is 24.5. The third kappa shape index (κ3) is 1.73. The van der Waals surface area contributed by atoms with Gasteiger partial charge in [0.2, 0.25) is 0 Å². The highest BCUT2D eigenvalue weighted by molar-refractivity contribution is 6.01. The van der Waals surface area contributed by atoms with Crippen LogP contribution in [-0.4, -0.2) is 45.7 Å². The smallest absolute Gasteiger partial charge is 0.190 e. The van der Waals surface area contributed by atoms with E-state index in [4.69, 9.17) is 4.74 Å². The first-order chi connectivity index (χ1) is 12.6. The maximum absolute atomic E-state index is 12.6. The lowest BCUT2D eigenvalue weighted by molar-refractivity contribution is -0.165. The molecule has 0 aromatic heterocycles. The molecule has 5 heteroatoms. The molecule has 146 valence electrons. The van der Waals surface area contributed by atoms with Crippen LogP contribution in [0.3, 0.4) is 0 Å². The standard InChI is InChI=1S/C22H28O5/c1-12-8-16-15-5-4-13-9-14(24)6-7-19(13,2)22(15)18(27-22)10-20(16,3)21(12,26)17(25)11-23/h6-7,9,12,15-16,18,23,26H,4-5,8,10-11H2,1-3H3/t12-,15+,16+,18-,19?,20+,21-,22+/m1/s1. The summed E-state index contributed by atoms with van der Waals surface area (Å²) >= 11 is 0. The largest absolute Gasteiger partial charge is 0.388 e. The van der Waals surface area contributed by atoms with Crippen LogP contribution < -0.4 is 0 Å². The van der Waals surface area contributed by atoms with Gasteiger partial charge in [-0.2, -0.15) is 0 Å². The number of fused-ring (bicyclic) bond motifs is 3. The number of Topliss-reactive ketones (excluding diaryl/α,β-unsaturated/α-hetero) is 1. The Hall–Kier alpha value is -1.30.